The maximum absolute atomic E-state index is 11.4. The number of carboxylic acid groups (broad SMARTS) is 1. The SMILES string of the molecule is CC(=O)/C=C\CNCc1cc(Cl)c(OCc2cccc(-c3cccc(COc4cc(OCc5cncc(C#N)c5)c(CCC/C=C\C(=O)O)cc4Cl)c3C)c2C)cc1OCc1cncc(C#N)c1. The molecule has 12 nitrogen and oxygen atoms in total. The van der Waals surface area contributed by atoms with Gasteiger partial charge in [0.15, 0.2) is 5.78 Å². The summed E-state index contributed by atoms with van der Waals surface area (Å²) in [7, 11) is 0. The number of hydrogen-bond acceptors (Lipinski definition) is 11. The largest absolute Gasteiger partial charge is 0.488 e. The Bertz CT molecular complexity index is 2730. The molecule has 0 bridgehead atoms. The fourth-order valence-corrected chi connectivity index (χ4v) is 7.72. The van der Waals surface area contributed by atoms with E-state index in [1.807, 2.05) is 30.3 Å². The minimum Gasteiger partial charge on any atom is -0.488 e. The van der Waals surface area contributed by atoms with Crippen LogP contribution in [0.2, 0.25) is 10.0 Å². The van der Waals surface area contributed by atoms with E-state index in [4.69, 9.17) is 47.3 Å². The smallest absolute Gasteiger partial charge is 0.327 e. The second kappa shape index (κ2) is 24.9. The molecule has 0 radical (unpaired) electrons. The second-order valence-electron chi connectivity index (χ2n) is 15.8. The van der Waals surface area contributed by atoms with Crippen molar-refractivity contribution in [1.82, 2.24) is 15.3 Å². The summed E-state index contributed by atoms with van der Waals surface area (Å²) >= 11 is 13.7. The van der Waals surface area contributed by atoms with Gasteiger partial charge in [0.2, 0.25) is 0 Å². The molecule has 0 spiro atoms. The zero-order chi connectivity index (χ0) is 48.4. The Balaban J connectivity index is 1.18. The molecule has 0 amide bonds. The molecular formula is C54H49Cl2N5O7. The zero-order valence-corrected chi connectivity index (χ0v) is 39.4. The third-order valence-corrected chi connectivity index (χ3v) is 11.4. The van der Waals surface area contributed by atoms with Crippen molar-refractivity contribution in [2.75, 3.05) is 6.54 Å². The molecule has 346 valence electrons. The van der Waals surface area contributed by atoms with Crippen molar-refractivity contribution >= 4 is 35.0 Å². The molecule has 14 heteroatoms. The predicted octanol–water partition coefficient (Wildman–Crippen LogP) is 11.3. The normalized spacial score (nSPS) is 11.0. The Morgan fingerprint density at radius 3 is 1.69 bits per heavy atom. The van der Waals surface area contributed by atoms with Gasteiger partial charge in [0, 0.05) is 72.8 Å². The molecule has 2 heterocycles. The van der Waals surface area contributed by atoms with Crippen LogP contribution in [0.4, 0.5) is 0 Å². The van der Waals surface area contributed by atoms with E-state index in [-0.39, 0.29) is 32.2 Å². The number of nitrogens with zero attached hydrogens (tertiary/aromatic N) is 4. The van der Waals surface area contributed by atoms with Crippen LogP contribution in [0.5, 0.6) is 23.0 Å². The maximum atomic E-state index is 11.4. The molecular weight excluding hydrogens is 902 g/mol. The average molecular weight is 951 g/mol. The number of carboxylic acids is 1. The molecule has 2 N–H and O–H groups in total. The molecule has 6 aromatic rings. The Labute approximate surface area is 406 Å². The first kappa shape index (κ1) is 49.9. The van der Waals surface area contributed by atoms with Gasteiger partial charge in [-0.2, -0.15) is 10.5 Å². The highest BCUT2D eigenvalue weighted by Gasteiger charge is 2.17. The third-order valence-electron chi connectivity index (χ3n) is 10.8. The Morgan fingerprint density at radius 2 is 1.18 bits per heavy atom. The molecule has 0 saturated heterocycles. The molecule has 0 aliphatic rings. The number of benzene rings is 4. The van der Waals surface area contributed by atoms with E-state index in [2.05, 4.69) is 53.4 Å². The standard InChI is InChI=1S/C54H49Cl2N5O7/c1-35(62)10-9-17-59-30-45-21-49(56)53(23-51(45)66-32-41-19-39(25-58)27-61-29-41)68-34-44-13-8-15-47(37(44)3)46-14-7-12-43(36(46)2)33-67-52-22-50(65-31-40-18-38(24-57)26-60-28-40)42(20-48(52)55)11-5-4-6-16-54(63)64/h6-10,12-16,18-23,26-29,59H,4-5,11,17,30-34H2,1-3H3,(H,63,64)/b10-9-,16-6-. The number of hydrogen-bond donors (Lipinski definition) is 2. The predicted molar refractivity (Wildman–Crippen MR) is 261 cm³/mol. The van der Waals surface area contributed by atoms with Gasteiger partial charge in [-0.3, -0.25) is 14.8 Å². The van der Waals surface area contributed by atoms with Gasteiger partial charge < -0.3 is 29.4 Å². The van der Waals surface area contributed by atoms with Crippen LogP contribution in [0.25, 0.3) is 11.1 Å². The summed E-state index contributed by atoms with van der Waals surface area (Å²) in [5.74, 6) is 0.935. The van der Waals surface area contributed by atoms with Gasteiger partial charge in [0.05, 0.1) is 21.2 Å². The molecule has 6 rings (SSSR count). The molecule has 0 saturated carbocycles. The first-order valence-corrected chi connectivity index (χ1v) is 22.5. The fraction of sp³-hybridized carbons (Fsp3) is 0.222. The van der Waals surface area contributed by atoms with Crippen molar-refractivity contribution in [3.63, 3.8) is 0 Å². The quantitative estimate of drug-likeness (QED) is 0.0460. The number of aromatic nitrogens is 2. The lowest BCUT2D eigenvalue weighted by Gasteiger charge is -2.19. The Kier molecular flexibility index (Phi) is 18.3. The molecule has 68 heavy (non-hydrogen) atoms. The molecule has 0 atom stereocenters. The van der Waals surface area contributed by atoms with E-state index in [1.54, 1.807) is 54.9 Å². The Hall–Kier alpha value is -7.48. The van der Waals surface area contributed by atoms with Crippen LogP contribution in [0.1, 0.15) is 75.4 Å². The minimum absolute atomic E-state index is 0.0372. The van der Waals surface area contributed by atoms with Crippen LogP contribution in [0, 0.1) is 36.5 Å². The number of carbonyl (C=O) groups is 2. The van der Waals surface area contributed by atoms with Crippen molar-refractivity contribution < 1.29 is 33.6 Å². The fourth-order valence-electron chi connectivity index (χ4n) is 7.24. The number of unbranched alkanes of at least 4 members (excludes halogenated alkanes) is 1. The van der Waals surface area contributed by atoms with Gasteiger partial charge >= 0.3 is 5.97 Å². The monoisotopic (exact) mass is 949 g/mol. The van der Waals surface area contributed by atoms with Gasteiger partial charge in [0.25, 0.3) is 0 Å². The van der Waals surface area contributed by atoms with Gasteiger partial charge in [-0.1, -0.05) is 71.8 Å². The number of nitriles is 2. The molecule has 2 aromatic heterocycles. The van der Waals surface area contributed by atoms with Crippen molar-refractivity contribution in [2.24, 2.45) is 0 Å². The van der Waals surface area contributed by atoms with Crippen LogP contribution in [-0.2, 0) is 49.0 Å². The van der Waals surface area contributed by atoms with Crippen molar-refractivity contribution in [2.45, 2.75) is 73.0 Å². The lowest BCUT2D eigenvalue weighted by atomic mass is 9.92. The van der Waals surface area contributed by atoms with E-state index in [9.17, 15) is 20.1 Å². The summed E-state index contributed by atoms with van der Waals surface area (Å²) in [5.41, 5.74) is 9.94. The van der Waals surface area contributed by atoms with Gasteiger partial charge in [0.1, 0.15) is 61.6 Å². The van der Waals surface area contributed by atoms with Crippen LogP contribution in [-0.4, -0.2) is 33.4 Å². The molecule has 0 fully saturated rings. The number of halogens is 2. The summed E-state index contributed by atoms with van der Waals surface area (Å²) in [5, 5.41) is 31.8. The van der Waals surface area contributed by atoms with Crippen LogP contribution in [0.15, 0.2) is 122 Å². The third kappa shape index (κ3) is 14.3. The number of pyridine rings is 2. The van der Waals surface area contributed by atoms with E-state index in [0.29, 0.717) is 76.5 Å². The first-order chi connectivity index (χ1) is 32.9. The van der Waals surface area contributed by atoms with E-state index in [0.717, 1.165) is 61.7 Å². The summed E-state index contributed by atoms with van der Waals surface area (Å²) < 4.78 is 25.3. The van der Waals surface area contributed by atoms with E-state index >= 15 is 0 Å². The van der Waals surface area contributed by atoms with Crippen LogP contribution in [0.3, 0.4) is 0 Å². The lowest BCUT2D eigenvalue weighted by Crippen LogP contribution is -2.14. The Morgan fingerprint density at radius 1 is 0.662 bits per heavy atom. The number of aliphatic carboxylic acids is 1. The highest BCUT2D eigenvalue weighted by atomic mass is 35.5. The number of rotatable bonds is 23. The summed E-state index contributed by atoms with van der Waals surface area (Å²) in [6, 6.07) is 27.0. The summed E-state index contributed by atoms with van der Waals surface area (Å²) in [6.45, 7) is 7.25. The second-order valence-corrected chi connectivity index (χ2v) is 16.6. The van der Waals surface area contributed by atoms with E-state index < -0.39 is 5.97 Å². The highest BCUT2D eigenvalue weighted by molar-refractivity contribution is 6.32. The number of ether oxygens (including phenoxy) is 4. The van der Waals surface area contributed by atoms with Crippen molar-refractivity contribution in [1.29, 1.82) is 10.5 Å². The molecule has 0 aliphatic carbocycles. The number of aryl methyl sites for hydroxylation is 1. The number of nitrogens with one attached hydrogen (secondary N) is 1. The average Bonchev–Trinajstić information content (AvgIpc) is 3.33. The first-order valence-electron chi connectivity index (χ1n) is 21.7. The lowest BCUT2D eigenvalue weighted by molar-refractivity contribution is -0.131. The van der Waals surface area contributed by atoms with Crippen LogP contribution < -0.4 is 24.3 Å². The maximum Gasteiger partial charge on any atom is 0.327 e. The van der Waals surface area contributed by atoms with Crippen molar-refractivity contribution in [3.8, 4) is 46.3 Å². The van der Waals surface area contributed by atoms with Gasteiger partial charge in [-0.25, -0.2) is 4.79 Å². The van der Waals surface area contributed by atoms with Crippen molar-refractivity contribution in [3.05, 3.63) is 188 Å². The molecule has 0 unspecified atom stereocenters. The molecule has 4 aromatic carbocycles. The van der Waals surface area contributed by atoms with Gasteiger partial charge in [-0.05, 0) is 109 Å². The summed E-state index contributed by atoms with van der Waals surface area (Å²) in [6.07, 6.45) is 14.1. The van der Waals surface area contributed by atoms with Gasteiger partial charge in [-0.15, -0.1) is 0 Å². The van der Waals surface area contributed by atoms with Crippen LogP contribution >= 0.6 is 23.2 Å². The number of ketones is 1. The molecule has 0 aliphatic heterocycles. The topological polar surface area (TPSA) is 177 Å². The minimum atomic E-state index is -0.994. The van der Waals surface area contributed by atoms with E-state index in [1.165, 1.54) is 25.4 Å². The zero-order valence-electron chi connectivity index (χ0n) is 37.9. The number of carbonyl (C=O) groups excluding carboxylic acids is 1. The number of allylic oxidation sites excluding steroid dienone is 2. The highest BCUT2D eigenvalue weighted by Crippen LogP contribution is 2.38. The summed E-state index contributed by atoms with van der Waals surface area (Å²) in [4.78, 5) is 30.6.